The fourth-order valence-electron chi connectivity index (χ4n) is 1.41. The molecule has 0 unspecified atom stereocenters. The summed E-state index contributed by atoms with van der Waals surface area (Å²) in [6, 6.07) is 1.21. The monoisotopic (exact) mass is 260 g/mol. The minimum Gasteiger partial charge on any atom is -0.356 e. The molecule has 1 heterocycles. The average Bonchev–Trinajstić information content (AvgIpc) is 2.18. The number of thioether (sulfide) groups is 1. The van der Waals surface area contributed by atoms with Crippen LogP contribution in [0.1, 0.15) is 6.42 Å². The molecule has 0 N–H and O–H groups in total. The van der Waals surface area contributed by atoms with Gasteiger partial charge in [-0.3, -0.25) is 0 Å². The second-order valence-electron chi connectivity index (χ2n) is 5.48. The summed E-state index contributed by atoms with van der Waals surface area (Å²) < 4.78 is 11.2. The number of ether oxygens (including phenoxy) is 2. The summed E-state index contributed by atoms with van der Waals surface area (Å²) >= 11 is 1.94. The molecule has 1 fully saturated rings. The predicted octanol–water partition coefficient (Wildman–Crippen LogP) is 3.38. The lowest BCUT2D eigenvalue weighted by Crippen LogP contribution is -2.25. The van der Waals surface area contributed by atoms with Gasteiger partial charge in [0.15, 0.2) is 0 Å². The van der Waals surface area contributed by atoms with Gasteiger partial charge < -0.3 is 9.47 Å². The van der Waals surface area contributed by atoms with E-state index < -0.39 is 8.07 Å². The third-order valence-corrected chi connectivity index (χ3v) is 5.38. The van der Waals surface area contributed by atoms with Crippen molar-refractivity contribution in [3.05, 3.63) is 12.2 Å². The van der Waals surface area contributed by atoms with Gasteiger partial charge in [-0.25, -0.2) is 0 Å². The molecule has 16 heavy (non-hydrogen) atoms. The van der Waals surface area contributed by atoms with Crippen LogP contribution in [0.15, 0.2) is 12.2 Å². The summed E-state index contributed by atoms with van der Waals surface area (Å²) in [6.07, 6.45) is 1.30. The van der Waals surface area contributed by atoms with Crippen LogP contribution in [0.5, 0.6) is 0 Å². The van der Waals surface area contributed by atoms with E-state index in [1.165, 1.54) is 17.4 Å². The standard InChI is InChI=1S/C12H24O2SSi/c1-11-5-7-15-9-12(11)14-10-13-6-8-16(2,3)4/h12H,1,5-10H2,2-4H3/t12-/m0/s1. The lowest BCUT2D eigenvalue weighted by molar-refractivity contribution is -0.0692. The first kappa shape index (κ1) is 14.3. The maximum Gasteiger partial charge on any atom is 0.147 e. The van der Waals surface area contributed by atoms with Crippen LogP contribution in [0.25, 0.3) is 0 Å². The first-order valence-corrected chi connectivity index (χ1v) is 10.8. The molecule has 0 bridgehead atoms. The van der Waals surface area contributed by atoms with Crippen LogP contribution >= 0.6 is 11.8 Å². The predicted molar refractivity (Wildman–Crippen MR) is 74.9 cm³/mol. The van der Waals surface area contributed by atoms with Crippen molar-refractivity contribution in [1.82, 2.24) is 0 Å². The van der Waals surface area contributed by atoms with Crippen molar-refractivity contribution in [2.24, 2.45) is 0 Å². The number of hydrogen-bond donors (Lipinski definition) is 0. The SMILES string of the molecule is C=C1CCSC[C@@H]1OCOCC[Si](C)(C)C. The van der Waals surface area contributed by atoms with Gasteiger partial charge in [-0.05, 0) is 23.8 Å². The molecule has 1 saturated heterocycles. The minimum absolute atomic E-state index is 0.214. The Labute approximate surface area is 105 Å². The zero-order chi connectivity index (χ0) is 12.0. The zero-order valence-electron chi connectivity index (χ0n) is 10.8. The van der Waals surface area contributed by atoms with E-state index in [1.54, 1.807) is 0 Å². The molecule has 1 rings (SSSR count). The number of rotatable bonds is 6. The topological polar surface area (TPSA) is 18.5 Å². The van der Waals surface area contributed by atoms with E-state index in [0.29, 0.717) is 6.79 Å². The average molecular weight is 260 g/mol. The van der Waals surface area contributed by atoms with Gasteiger partial charge in [0.1, 0.15) is 6.79 Å². The van der Waals surface area contributed by atoms with Crippen molar-refractivity contribution in [1.29, 1.82) is 0 Å². The quantitative estimate of drug-likeness (QED) is 0.316. The first-order valence-electron chi connectivity index (χ1n) is 5.94. The van der Waals surface area contributed by atoms with Gasteiger partial charge >= 0.3 is 0 Å². The molecular weight excluding hydrogens is 236 g/mol. The maximum absolute atomic E-state index is 5.68. The van der Waals surface area contributed by atoms with Crippen LogP contribution in [0.4, 0.5) is 0 Å². The third kappa shape index (κ3) is 6.08. The van der Waals surface area contributed by atoms with Crippen LogP contribution in [-0.2, 0) is 9.47 Å². The molecule has 0 aromatic rings. The molecular formula is C12H24O2SSi. The molecule has 0 aromatic carbocycles. The van der Waals surface area contributed by atoms with Crippen molar-refractivity contribution in [2.45, 2.75) is 38.2 Å². The highest BCUT2D eigenvalue weighted by Gasteiger charge is 2.18. The highest BCUT2D eigenvalue weighted by atomic mass is 32.2. The smallest absolute Gasteiger partial charge is 0.147 e. The van der Waals surface area contributed by atoms with Gasteiger partial charge in [-0.2, -0.15) is 11.8 Å². The fraction of sp³-hybridized carbons (Fsp3) is 0.833. The molecule has 0 saturated carbocycles. The zero-order valence-corrected chi connectivity index (χ0v) is 12.6. The van der Waals surface area contributed by atoms with Crippen molar-refractivity contribution in [2.75, 3.05) is 24.9 Å². The molecule has 2 nitrogen and oxygen atoms in total. The lowest BCUT2D eigenvalue weighted by Gasteiger charge is -2.24. The van der Waals surface area contributed by atoms with Crippen LogP contribution in [-0.4, -0.2) is 39.1 Å². The van der Waals surface area contributed by atoms with Gasteiger partial charge in [0, 0.05) is 20.4 Å². The Kier molecular flexibility index (Phi) is 6.11. The van der Waals surface area contributed by atoms with E-state index >= 15 is 0 Å². The fourth-order valence-corrected chi connectivity index (χ4v) is 3.28. The van der Waals surface area contributed by atoms with Crippen LogP contribution < -0.4 is 0 Å². The molecule has 0 amide bonds. The Hall–Kier alpha value is 0.227. The molecule has 1 aliphatic rings. The second-order valence-corrected chi connectivity index (χ2v) is 12.2. The summed E-state index contributed by atoms with van der Waals surface area (Å²) in [7, 11) is -0.962. The highest BCUT2D eigenvalue weighted by molar-refractivity contribution is 7.99. The van der Waals surface area contributed by atoms with Gasteiger partial charge in [-0.1, -0.05) is 26.2 Å². The summed E-state index contributed by atoms with van der Waals surface area (Å²) in [5.74, 6) is 2.23. The van der Waals surface area contributed by atoms with Gasteiger partial charge in [0.05, 0.1) is 6.10 Å². The van der Waals surface area contributed by atoms with Gasteiger partial charge in [-0.15, -0.1) is 0 Å². The molecule has 0 radical (unpaired) electrons. The van der Waals surface area contributed by atoms with Crippen LogP contribution in [0, 0.1) is 0 Å². The largest absolute Gasteiger partial charge is 0.356 e. The van der Waals surface area contributed by atoms with E-state index in [-0.39, 0.29) is 6.10 Å². The molecule has 1 atom stereocenters. The Morgan fingerprint density at radius 1 is 1.44 bits per heavy atom. The molecule has 94 valence electrons. The number of hydrogen-bond acceptors (Lipinski definition) is 3. The lowest BCUT2D eigenvalue weighted by atomic mass is 10.1. The normalized spacial score (nSPS) is 22.4. The van der Waals surface area contributed by atoms with Crippen molar-refractivity contribution < 1.29 is 9.47 Å². The van der Waals surface area contributed by atoms with E-state index in [4.69, 9.17) is 9.47 Å². The van der Waals surface area contributed by atoms with Crippen molar-refractivity contribution in [3.8, 4) is 0 Å². The van der Waals surface area contributed by atoms with Crippen molar-refractivity contribution >= 4 is 19.8 Å². The molecule has 0 aliphatic carbocycles. The van der Waals surface area contributed by atoms with Crippen LogP contribution in [0.3, 0.4) is 0 Å². The van der Waals surface area contributed by atoms with E-state index in [0.717, 1.165) is 18.8 Å². The Balaban J connectivity index is 2.04. The van der Waals surface area contributed by atoms with E-state index in [9.17, 15) is 0 Å². The summed E-state index contributed by atoms with van der Waals surface area (Å²) in [5, 5.41) is 0. The van der Waals surface area contributed by atoms with Crippen molar-refractivity contribution in [3.63, 3.8) is 0 Å². The molecule has 0 aromatic heterocycles. The minimum atomic E-state index is -0.962. The molecule has 0 spiro atoms. The summed E-state index contributed by atoms with van der Waals surface area (Å²) in [5.41, 5.74) is 1.23. The second kappa shape index (κ2) is 6.84. The third-order valence-electron chi connectivity index (χ3n) is 2.64. The molecule has 1 aliphatic heterocycles. The van der Waals surface area contributed by atoms with Crippen LogP contribution in [0.2, 0.25) is 25.7 Å². The van der Waals surface area contributed by atoms with Gasteiger partial charge in [0.25, 0.3) is 0 Å². The first-order chi connectivity index (χ1) is 7.49. The summed E-state index contributed by atoms with van der Waals surface area (Å²) in [6.45, 7) is 12.4. The maximum atomic E-state index is 5.68. The Morgan fingerprint density at radius 3 is 2.81 bits per heavy atom. The Morgan fingerprint density at radius 2 is 2.19 bits per heavy atom. The van der Waals surface area contributed by atoms with E-state index in [1.807, 2.05) is 11.8 Å². The molecule has 4 heteroatoms. The van der Waals surface area contributed by atoms with E-state index in [2.05, 4.69) is 26.2 Å². The highest BCUT2D eigenvalue weighted by Crippen LogP contribution is 2.23. The summed E-state index contributed by atoms with van der Waals surface area (Å²) in [4.78, 5) is 0. The Bertz CT molecular complexity index is 226. The van der Waals surface area contributed by atoms with Gasteiger partial charge in [0.2, 0.25) is 0 Å².